The van der Waals surface area contributed by atoms with Gasteiger partial charge in [-0.2, -0.15) is 0 Å². The molecule has 0 spiro atoms. The highest BCUT2D eigenvalue weighted by molar-refractivity contribution is 5.83. The van der Waals surface area contributed by atoms with E-state index in [-0.39, 0.29) is 17.7 Å². The molecule has 2 atom stereocenters. The zero-order valence-corrected chi connectivity index (χ0v) is 17.2. The number of hydrogen-bond acceptors (Lipinski definition) is 4. The maximum absolute atomic E-state index is 13.1. The molecule has 28 heavy (non-hydrogen) atoms. The van der Waals surface area contributed by atoms with Crippen LogP contribution in [0.5, 0.6) is 0 Å². The second-order valence-electron chi connectivity index (χ2n) is 8.44. The quantitative estimate of drug-likeness (QED) is 0.822. The van der Waals surface area contributed by atoms with Gasteiger partial charge in [0, 0.05) is 56.0 Å². The van der Waals surface area contributed by atoms with Gasteiger partial charge in [-0.1, -0.05) is 29.8 Å². The minimum atomic E-state index is -0.112. The van der Waals surface area contributed by atoms with Gasteiger partial charge < -0.3 is 9.80 Å². The number of likely N-dealkylation sites (tertiary alicyclic amines) is 1. The van der Waals surface area contributed by atoms with Crippen LogP contribution < -0.4 is 0 Å². The van der Waals surface area contributed by atoms with Gasteiger partial charge in [0.15, 0.2) is 0 Å². The van der Waals surface area contributed by atoms with Crippen molar-refractivity contribution in [3.63, 3.8) is 0 Å². The first-order chi connectivity index (χ1) is 13.5. The van der Waals surface area contributed by atoms with Crippen molar-refractivity contribution in [3.8, 4) is 0 Å². The zero-order chi connectivity index (χ0) is 19.7. The third kappa shape index (κ3) is 3.95. The van der Waals surface area contributed by atoms with E-state index in [1.54, 1.807) is 0 Å². The van der Waals surface area contributed by atoms with Crippen LogP contribution >= 0.6 is 0 Å². The minimum Gasteiger partial charge on any atom is -0.341 e. The molecule has 2 aliphatic heterocycles. The largest absolute Gasteiger partial charge is 0.341 e. The summed E-state index contributed by atoms with van der Waals surface area (Å²) in [6.45, 7) is 7.63. The molecule has 2 aliphatic rings. The number of nitrogens with zero attached hydrogens (tertiary/aromatic N) is 4. The summed E-state index contributed by atoms with van der Waals surface area (Å²) >= 11 is 0. The molecule has 148 valence electrons. The van der Waals surface area contributed by atoms with Gasteiger partial charge in [0.2, 0.25) is 5.91 Å². The Hall–Kier alpha value is -2.27. The molecule has 0 saturated carbocycles. The molecule has 0 unspecified atom stereocenters. The second-order valence-corrected chi connectivity index (χ2v) is 8.44. The molecule has 5 heteroatoms. The summed E-state index contributed by atoms with van der Waals surface area (Å²) in [4.78, 5) is 27.0. The van der Waals surface area contributed by atoms with Gasteiger partial charge in [-0.25, -0.2) is 9.97 Å². The van der Waals surface area contributed by atoms with E-state index >= 15 is 0 Å². The van der Waals surface area contributed by atoms with Gasteiger partial charge in [-0.15, -0.1) is 0 Å². The molecule has 0 N–H and O–H groups in total. The highest BCUT2D eigenvalue weighted by Crippen LogP contribution is 2.28. The van der Waals surface area contributed by atoms with Crippen LogP contribution in [0.3, 0.4) is 0 Å². The van der Waals surface area contributed by atoms with Gasteiger partial charge in [0.05, 0.1) is 5.92 Å². The van der Waals surface area contributed by atoms with Crippen LogP contribution in [0.25, 0.3) is 0 Å². The maximum atomic E-state index is 13.1. The summed E-state index contributed by atoms with van der Waals surface area (Å²) in [5.41, 5.74) is 4.75. The summed E-state index contributed by atoms with van der Waals surface area (Å²) in [7, 11) is 2.14. The van der Waals surface area contributed by atoms with Crippen molar-refractivity contribution < 1.29 is 4.79 Å². The highest BCUT2D eigenvalue weighted by atomic mass is 16.2. The van der Waals surface area contributed by atoms with Crippen molar-refractivity contribution in [2.45, 2.75) is 51.5 Å². The van der Waals surface area contributed by atoms with E-state index in [0.717, 1.165) is 56.8 Å². The van der Waals surface area contributed by atoms with Crippen molar-refractivity contribution in [1.29, 1.82) is 0 Å². The molecule has 1 fully saturated rings. The Bertz CT molecular complexity index is 848. The Kier molecular flexibility index (Phi) is 5.44. The smallest absolute Gasteiger partial charge is 0.229 e. The van der Waals surface area contributed by atoms with Crippen molar-refractivity contribution in [1.82, 2.24) is 19.8 Å². The molecule has 1 amide bonds. The summed E-state index contributed by atoms with van der Waals surface area (Å²) in [5, 5.41) is 0. The Balaban J connectivity index is 1.47. The van der Waals surface area contributed by atoms with E-state index in [2.05, 4.69) is 48.1 Å². The lowest BCUT2D eigenvalue weighted by Gasteiger charge is -2.34. The van der Waals surface area contributed by atoms with Crippen molar-refractivity contribution in [2.75, 3.05) is 26.7 Å². The van der Waals surface area contributed by atoms with Crippen LogP contribution in [0, 0.1) is 6.92 Å². The molecular weight excluding hydrogens is 348 g/mol. The van der Waals surface area contributed by atoms with Crippen LogP contribution in [0.1, 0.15) is 59.8 Å². The van der Waals surface area contributed by atoms with Gasteiger partial charge in [-0.05, 0) is 39.3 Å². The molecule has 4 rings (SSSR count). The lowest BCUT2D eigenvalue weighted by atomic mass is 9.93. The van der Waals surface area contributed by atoms with Crippen LogP contribution in [0.15, 0.2) is 30.5 Å². The number of piperidine rings is 1. The molecule has 3 heterocycles. The number of benzene rings is 1. The van der Waals surface area contributed by atoms with E-state index in [1.165, 1.54) is 16.8 Å². The normalized spacial score (nSPS) is 21.2. The number of aryl methyl sites for hydroxylation is 1. The van der Waals surface area contributed by atoms with E-state index < -0.39 is 0 Å². The van der Waals surface area contributed by atoms with Gasteiger partial charge in [-0.3, -0.25) is 4.79 Å². The molecule has 0 bridgehead atoms. The lowest BCUT2D eigenvalue weighted by molar-refractivity contribution is -0.133. The Labute approximate surface area is 167 Å². The number of carbonyl (C=O) groups excluding carboxylic acids is 1. The average Bonchev–Trinajstić information content (AvgIpc) is 2.73. The number of likely N-dealkylation sites (N-methyl/N-ethyl adjacent to an activating group) is 1. The summed E-state index contributed by atoms with van der Waals surface area (Å²) < 4.78 is 0. The van der Waals surface area contributed by atoms with E-state index in [1.807, 2.05) is 18.0 Å². The molecular formula is C23H30N4O. The average molecular weight is 379 g/mol. The fourth-order valence-electron chi connectivity index (χ4n) is 4.33. The SMILES string of the molecule is Cc1ccc([C@@H](C)C(=O)N2CCC[C@@H](c3ncc4c(n3)CCN(C)C4)C2)cc1. The first-order valence-corrected chi connectivity index (χ1v) is 10.4. The number of rotatable bonds is 3. The Morgan fingerprint density at radius 2 is 2.00 bits per heavy atom. The molecule has 1 aromatic carbocycles. The third-order valence-electron chi connectivity index (χ3n) is 6.19. The van der Waals surface area contributed by atoms with Gasteiger partial charge in [0.1, 0.15) is 5.82 Å². The fraction of sp³-hybridized carbons (Fsp3) is 0.522. The Morgan fingerprint density at radius 3 is 2.79 bits per heavy atom. The predicted octanol–water partition coefficient (Wildman–Crippen LogP) is 3.28. The minimum absolute atomic E-state index is 0.112. The fourth-order valence-corrected chi connectivity index (χ4v) is 4.33. The summed E-state index contributed by atoms with van der Waals surface area (Å²) in [6, 6.07) is 8.30. The number of amides is 1. The van der Waals surface area contributed by atoms with Crippen LogP contribution in [-0.2, 0) is 17.8 Å². The van der Waals surface area contributed by atoms with Crippen molar-refractivity contribution in [3.05, 3.63) is 58.7 Å². The van der Waals surface area contributed by atoms with Crippen molar-refractivity contribution in [2.24, 2.45) is 0 Å². The van der Waals surface area contributed by atoms with Crippen LogP contribution in [0.4, 0.5) is 0 Å². The number of hydrogen-bond donors (Lipinski definition) is 0. The monoisotopic (exact) mass is 378 g/mol. The van der Waals surface area contributed by atoms with E-state index in [0.29, 0.717) is 0 Å². The standard InChI is InChI=1S/C23H30N4O/c1-16-6-8-18(9-7-16)17(2)23(28)27-11-4-5-19(15-27)22-24-13-20-14-26(3)12-10-21(20)25-22/h6-9,13,17,19H,4-5,10-12,14-15H2,1-3H3/t17-,19-/m1/s1. The van der Waals surface area contributed by atoms with Crippen molar-refractivity contribution >= 4 is 5.91 Å². The maximum Gasteiger partial charge on any atom is 0.229 e. The number of aromatic nitrogens is 2. The Morgan fingerprint density at radius 1 is 1.21 bits per heavy atom. The highest BCUT2D eigenvalue weighted by Gasteiger charge is 2.30. The molecule has 0 radical (unpaired) electrons. The topological polar surface area (TPSA) is 49.3 Å². The summed E-state index contributed by atoms with van der Waals surface area (Å²) in [5.74, 6) is 1.27. The lowest BCUT2D eigenvalue weighted by Crippen LogP contribution is -2.41. The predicted molar refractivity (Wildman–Crippen MR) is 110 cm³/mol. The molecule has 0 aliphatic carbocycles. The molecule has 1 saturated heterocycles. The third-order valence-corrected chi connectivity index (χ3v) is 6.19. The zero-order valence-electron chi connectivity index (χ0n) is 17.2. The first kappa shape index (κ1) is 19.1. The summed E-state index contributed by atoms with van der Waals surface area (Å²) in [6.07, 6.45) is 5.06. The van der Waals surface area contributed by atoms with Crippen LogP contribution in [0.2, 0.25) is 0 Å². The van der Waals surface area contributed by atoms with Gasteiger partial charge in [0.25, 0.3) is 0 Å². The van der Waals surface area contributed by atoms with E-state index in [4.69, 9.17) is 4.98 Å². The van der Waals surface area contributed by atoms with Crippen LogP contribution in [-0.4, -0.2) is 52.4 Å². The first-order valence-electron chi connectivity index (χ1n) is 10.4. The number of fused-ring (bicyclic) bond motifs is 1. The number of carbonyl (C=O) groups is 1. The second kappa shape index (κ2) is 8.00. The molecule has 1 aromatic heterocycles. The molecule has 5 nitrogen and oxygen atoms in total. The molecule has 2 aromatic rings. The van der Waals surface area contributed by atoms with E-state index in [9.17, 15) is 4.79 Å². The van der Waals surface area contributed by atoms with Gasteiger partial charge >= 0.3 is 0 Å².